The van der Waals surface area contributed by atoms with E-state index in [0.717, 1.165) is 5.56 Å². The van der Waals surface area contributed by atoms with Crippen molar-refractivity contribution in [3.8, 4) is 0 Å². The van der Waals surface area contributed by atoms with Crippen LogP contribution in [0.25, 0.3) is 11.0 Å². The Kier molecular flexibility index (Phi) is 4.52. The van der Waals surface area contributed by atoms with E-state index < -0.39 is 11.9 Å². The van der Waals surface area contributed by atoms with Gasteiger partial charge in [0.1, 0.15) is 5.65 Å². The Morgan fingerprint density at radius 2 is 2.00 bits per heavy atom. The summed E-state index contributed by atoms with van der Waals surface area (Å²) in [5.74, 6) is -1.12. The highest BCUT2D eigenvalue weighted by atomic mass is 16.5. The Bertz CT molecular complexity index is 932. The fourth-order valence-corrected chi connectivity index (χ4v) is 2.91. The Hall–Kier alpha value is -3.15. The maximum Gasteiger partial charge on any atom is 0.339 e. The van der Waals surface area contributed by atoms with E-state index in [9.17, 15) is 9.59 Å². The molecule has 1 unspecified atom stereocenters. The van der Waals surface area contributed by atoms with Gasteiger partial charge < -0.3 is 15.5 Å². The maximum atomic E-state index is 12.1. The van der Waals surface area contributed by atoms with E-state index in [1.165, 1.54) is 6.20 Å². The van der Waals surface area contributed by atoms with Crippen molar-refractivity contribution in [2.24, 2.45) is 5.73 Å². The zero-order valence-corrected chi connectivity index (χ0v) is 14.1. The number of aromatic nitrogens is 2. The lowest BCUT2D eigenvalue weighted by molar-refractivity contribution is 0.0526. The van der Waals surface area contributed by atoms with Gasteiger partial charge in [-0.15, -0.1) is 0 Å². The summed E-state index contributed by atoms with van der Waals surface area (Å²) in [6.45, 7) is 3.98. The average Bonchev–Trinajstić information content (AvgIpc) is 3.00. The number of pyridine rings is 1. The molecular formula is C19H19N3O3. The molecule has 6 heteroatoms. The Balaban J connectivity index is 2.15. The zero-order valence-electron chi connectivity index (χ0n) is 14.1. The van der Waals surface area contributed by atoms with Crippen LogP contribution in [-0.2, 0) is 4.74 Å². The summed E-state index contributed by atoms with van der Waals surface area (Å²) in [6.07, 6.45) is 1.43. The number of hydrogen-bond donors (Lipinski definition) is 2. The number of aromatic amines is 1. The smallest absolute Gasteiger partial charge is 0.339 e. The minimum absolute atomic E-state index is 0.0797. The molecule has 1 atom stereocenters. The van der Waals surface area contributed by atoms with Crippen molar-refractivity contribution in [3.63, 3.8) is 0 Å². The molecule has 0 saturated heterocycles. The molecule has 1 amide bonds. The summed E-state index contributed by atoms with van der Waals surface area (Å²) in [4.78, 5) is 31.5. The van der Waals surface area contributed by atoms with Crippen LogP contribution in [0.2, 0.25) is 0 Å². The van der Waals surface area contributed by atoms with E-state index in [1.54, 1.807) is 13.0 Å². The molecule has 0 aliphatic carbocycles. The van der Waals surface area contributed by atoms with Crippen molar-refractivity contribution in [3.05, 3.63) is 65.0 Å². The minimum Gasteiger partial charge on any atom is -0.462 e. The van der Waals surface area contributed by atoms with Gasteiger partial charge in [0.15, 0.2) is 0 Å². The van der Waals surface area contributed by atoms with Crippen LogP contribution in [0.1, 0.15) is 51.7 Å². The number of benzene rings is 1. The van der Waals surface area contributed by atoms with Gasteiger partial charge in [0.25, 0.3) is 5.91 Å². The van der Waals surface area contributed by atoms with Gasteiger partial charge >= 0.3 is 5.97 Å². The van der Waals surface area contributed by atoms with Crippen LogP contribution in [-0.4, -0.2) is 28.5 Å². The molecule has 0 aliphatic heterocycles. The molecule has 25 heavy (non-hydrogen) atoms. The molecule has 0 fully saturated rings. The molecular weight excluding hydrogens is 318 g/mol. The number of nitrogens with two attached hydrogens (primary N) is 1. The van der Waals surface area contributed by atoms with Gasteiger partial charge in [-0.05, 0) is 18.6 Å². The van der Waals surface area contributed by atoms with E-state index in [4.69, 9.17) is 10.5 Å². The lowest BCUT2D eigenvalue weighted by Crippen LogP contribution is -2.14. The van der Waals surface area contributed by atoms with Crippen molar-refractivity contribution < 1.29 is 14.3 Å². The summed E-state index contributed by atoms with van der Waals surface area (Å²) in [7, 11) is 0. The van der Waals surface area contributed by atoms with Crippen LogP contribution in [0.5, 0.6) is 0 Å². The summed E-state index contributed by atoms with van der Waals surface area (Å²) in [6, 6.07) is 11.4. The summed E-state index contributed by atoms with van der Waals surface area (Å²) in [5.41, 5.74) is 8.50. The lowest BCUT2D eigenvalue weighted by atomic mass is 9.94. The van der Waals surface area contributed by atoms with Gasteiger partial charge in [-0.1, -0.05) is 37.3 Å². The minimum atomic E-state index is -0.563. The van der Waals surface area contributed by atoms with Gasteiger partial charge in [-0.25, -0.2) is 9.78 Å². The van der Waals surface area contributed by atoms with Gasteiger partial charge in [0.05, 0.1) is 17.7 Å². The van der Waals surface area contributed by atoms with Crippen LogP contribution in [0, 0.1) is 0 Å². The van der Waals surface area contributed by atoms with Gasteiger partial charge in [-0.2, -0.15) is 0 Å². The number of primary amides is 1. The first-order valence-electron chi connectivity index (χ1n) is 8.06. The molecule has 1 aromatic carbocycles. The first-order chi connectivity index (χ1) is 12.0. The van der Waals surface area contributed by atoms with Crippen molar-refractivity contribution in [1.29, 1.82) is 0 Å². The Morgan fingerprint density at radius 1 is 1.28 bits per heavy atom. The van der Waals surface area contributed by atoms with Crippen molar-refractivity contribution in [1.82, 2.24) is 9.97 Å². The second kappa shape index (κ2) is 6.76. The molecule has 0 radical (unpaired) electrons. The molecule has 6 nitrogen and oxygen atoms in total. The average molecular weight is 337 g/mol. The monoisotopic (exact) mass is 337 g/mol. The number of carbonyl (C=O) groups is 2. The Labute approximate surface area is 145 Å². The SMILES string of the molecule is CCOC(=O)c1cnc2[nH]c(C(C)c3ccccc3)c(C(N)=O)c2c1. The standard InChI is InChI=1S/C19H19N3O3/c1-3-25-19(24)13-9-14-15(17(20)23)16(22-18(14)21-10-13)11(2)12-7-5-4-6-8-12/h4-11H,3H2,1-2H3,(H2,20,23)(H,21,22). The number of hydrogen-bond acceptors (Lipinski definition) is 4. The highest BCUT2D eigenvalue weighted by Gasteiger charge is 2.23. The number of carbonyl (C=O) groups excluding carboxylic acids is 2. The van der Waals surface area contributed by atoms with Crippen LogP contribution in [0.4, 0.5) is 0 Å². The molecule has 0 spiro atoms. The number of ether oxygens (including phenoxy) is 1. The molecule has 0 saturated carbocycles. The molecule has 2 aromatic heterocycles. The first kappa shape index (κ1) is 16.7. The summed E-state index contributed by atoms with van der Waals surface area (Å²) >= 11 is 0. The second-order valence-electron chi connectivity index (χ2n) is 5.75. The van der Waals surface area contributed by atoms with Crippen molar-refractivity contribution in [2.75, 3.05) is 6.61 Å². The molecule has 3 aromatic rings. The van der Waals surface area contributed by atoms with E-state index in [-0.39, 0.29) is 18.1 Å². The highest BCUT2D eigenvalue weighted by Crippen LogP contribution is 2.31. The predicted octanol–water partition coefficient (Wildman–Crippen LogP) is 2.99. The van der Waals surface area contributed by atoms with Crippen LogP contribution in [0.15, 0.2) is 42.6 Å². The van der Waals surface area contributed by atoms with E-state index in [0.29, 0.717) is 22.3 Å². The van der Waals surface area contributed by atoms with Crippen LogP contribution >= 0.6 is 0 Å². The number of esters is 1. The normalized spacial score (nSPS) is 12.1. The summed E-state index contributed by atoms with van der Waals surface area (Å²) in [5, 5.41) is 0.524. The van der Waals surface area contributed by atoms with E-state index >= 15 is 0 Å². The number of H-pyrrole nitrogens is 1. The van der Waals surface area contributed by atoms with E-state index in [2.05, 4.69) is 9.97 Å². The number of nitrogens with zero attached hydrogens (tertiary/aromatic N) is 1. The fourth-order valence-electron chi connectivity index (χ4n) is 2.91. The van der Waals surface area contributed by atoms with E-state index in [1.807, 2.05) is 37.3 Å². The Morgan fingerprint density at radius 3 is 2.64 bits per heavy atom. The largest absolute Gasteiger partial charge is 0.462 e. The number of amides is 1. The van der Waals surface area contributed by atoms with Gasteiger partial charge in [0, 0.05) is 23.2 Å². The summed E-state index contributed by atoms with van der Waals surface area (Å²) < 4.78 is 5.00. The third-order valence-corrected chi connectivity index (χ3v) is 4.17. The van der Waals surface area contributed by atoms with Crippen LogP contribution in [0.3, 0.4) is 0 Å². The molecule has 0 bridgehead atoms. The van der Waals surface area contributed by atoms with Gasteiger partial charge in [0.2, 0.25) is 0 Å². The zero-order chi connectivity index (χ0) is 18.0. The number of rotatable bonds is 5. The number of nitrogens with one attached hydrogen (secondary N) is 1. The molecule has 0 aliphatic rings. The third-order valence-electron chi connectivity index (χ3n) is 4.17. The molecule has 2 heterocycles. The topological polar surface area (TPSA) is 98.1 Å². The molecule has 128 valence electrons. The van der Waals surface area contributed by atoms with Crippen molar-refractivity contribution >= 4 is 22.9 Å². The third kappa shape index (κ3) is 3.10. The molecule has 3 rings (SSSR count). The lowest BCUT2D eigenvalue weighted by Gasteiger charge is -2.11. The quantitative estimate of drug-likeness (QED) is 0.699. The first-order valence-corrected chi connectivity index (χ1v) is 8.06. The maximum absolute atomic E-state index is 12.1. The fraction of sp³-hybridized carbons (Fsp3) is 0.211. The van der Waals surface area contributed by atoms with Crippen molar-refractivity contribution in [2.45, 2.75) is 19.8 Å². The van der Waals surface area contributed by atoms with Gasteiger partial charge in [-0.3, -0.25) is 4.79 Å². The highest BCUT2D eigenvalue weighted by molar-refractivity contribution is 6.08. The second-order valence-corrected chi connectivity index (χ2v) is 5.75. The number of fused-ring (bicyclic) bond motifs is 1. The predicted molar refractivity (Wildman–Crippen MR) is 94.5 cm³/mol. The molecule has 3 N–H and O–H groups in total. The van der Waals surface area contributed by atoms with Crippen LogP contribution < -0.4 is 5.73 Å².